The normalized spacial score (nSPS) is 15.9. The van der Waals surface area contributed by atoms with E-state index in [1.165, 1.54) is 0 Å². The van der Waals surface area contributed by atoms with Crippen molar-refractivity contribution in [2.75, 3.05) is 16.8 Å². The number of carbonyl (C=O) groups excluding carboxylic acids is 2. The number of carbonyl (C=O) groups is 2. The Morgan fingerprint density at radius 2 is 1.86 bits per heavy atom. The minimum absolute atomic E-state index is 0.0654. The molecule has 3 amide bonds. The van der Waals surface area contributed by atoms with Crippen molar-refractivity contribution >= 4 is 23.4 Å². The third kappa shape index (κ3) is 4.57. The predicted octanol–water partition coefficient (Wildman–Crippen LogP) is 3.32. The first kappa shape index (κ1) is 18.6. The van der Waals surface area contributed by atoms with E-state index in [-0.39, 0.29) is 17.9 Å². The second kappa shape index (κ2) is 8.52. The Kier molecular flexibility index (Phi) is 5.47. The summed E-state index contributed by atoms with van der Waals surface area (Å²) in [4.78, 5) is 34.8. The lowest BCUT2D eigenvalue weighted by Gasteiger charge is -2.18. The maximum atomic E-state index is 12.6. The van der Waals surface area contributed by atoms with Gasteiger partial charge in [-0.1, -0.05) is 36.4 Å². The average molecular weight is 387 g/mol. The van der Waals surface area contributed by atoms with Crippen LogP contribution in [0.2, 0.25) is 0 Å². The van der Waals surface area contributed by atoms with Gasteiger partial charge in [0.2, 0.25) is 5.91 Å². The molecule has 1 aliphatic heterocycles. The van der Waals surface area contributed by atoms with Gasteiger partial charge < -0.3 is 10.2 Å². The second-order valence-electron chi connectivity index (χ2n) is 6.84. The van der Waals surface area contributed by atoms with Gasteiger partial charge >= 0.3 is 6.03 Å². The highest BCUT2D eigenvalue weighted by Gasteiger charge is 2.31. The number of nitrogens with one attached hydrogen (secondary N) is 2. The minimum Gasteiger partial charge on any atom is -0.332 e. The van der Waals surface area contributed by atoms with Crippen LogP contribution in [-0.2, 0) is 11.3 Å². The van der Waals surface area contributed by atoms with Crippen LogP contribution in [0.3, 0.4) is 0 Å². The van der Waals surface area contributed by atoms with Crippen LogP contribution in [0, 0.1) is 0 Å². The lowest BCUT2D eigenvalue weighted by Crippen LogP contribution is -2.29. The number of urea groups is 1. The molecule has 0 aliphatic carbocycles. The van der Waals surface area contributed by atoms with E-state index in [4.69, 9.17) is 0 Å². The molecule has 0 spiro atoms. The third-order valence-corrected chi connectivity index (χ3v) is 4.85. The molecule has 2 N–H and O–H groups in total. The van der Waals surface area contributed by atoms with Gasteiger partial charge in [-0.25, -0.2) is 9.78 Å². The van der Waals surface area contributed by atoms with Crippen LogP contribution in [-0.4, -0.2) is 28.5 Å². The van der Waals surface area contributed by atoms with E-state index in [1.807, 2.05) is 48.5 Å². The number of nitrogens with zero attached hydrogens (tertiary/aromatic N) is 3. The van der Waals surface area contributed by atoms with Crippen LogP contribution in [0.5, 0.6) is 0 Å². The molecule has 0 saturated carbocycles. The summed E-state index contributed by atoms with van der Waals surface area (Å²) in [5, 5.41) is 5.45. The van der Waals surface area contributed by atoms with Gasteiger partial charge in [0.15, 0.2) is 0 Å². The third-order valence-electron chi connectivity index (χ3n) is 4.85. The first-order chi connectivity index (χ1) is 14.2. The zero-order valence-corrected chi connectivity index (χ0v) is 15.8. The smallest absolute Gasteiger partial charge is 0.320 e. The summed E-state index contributed by atoms with van der Waals surface area (Å²) in [6, 6.07) is 18.7. The quantitative estimate of drug-likeness (QED) is 0.703. The van der Waals surface area contributed by atoms with E-state index in [0.717, 1.165) is 16.9 Å². The van der Waals surface area contributed by atoms with Crippen molar-refractivity contribution in [1.82, 2.24) is 15.3 Å². The van der Waals surface area contributed by atoms with Crippen LogP contribution in [0.25, 0.3) is 0 Å². The number of benzene rings is 1. The number of rotatable bonds is 5. The first-order valence-electron chi connectivity index (χ1n) is 9.45. The molecular formula is C22H21N5O2. The van der Waals surface area contributed by atoms with Crippen molar-refractivity contribution < 1.29 is 9.59 Å². The van der Waals surface area contributed by atoms with Crippen LogP contribution in [0.4, 0.5) is 16.3 Å². The Hall–Kier alpha value is -3.74. The summed E-state index contributed by atoms with van der Waals surface area (Å²) in [5.74, 6) is 0.613. The molecule has 3 aromatic rings. The molecule has 1 aliphatic rings. The highest BCUT2D eigenvalue weighted by Crippen LogP contribution is 2.32. The molecule has 4 rings (SSSR count). The standard InChI is InChI=1S/C22H21N5O2/c28-21-12-17(16-6-2-1-3-7-16)15-27(21)19-9-11-24-20(13-19)26-22(29)25-14-18-8-4-5-10-23-18/h1-11,13,17H,12,14-15H2,(H2,24,25,26,29)/t17-/m0/s1. The van der Waals surface area contributed by atoms with E-state index in [0.29, 0.717) is 25.3 Å². The van der Waals surface area contributed by atoms with Crippen molar-refractivity contribution in [2.45, 2.75) is 18.9 Å². The highest BCUT2D eigenvalue weighted by molar-refractivity contribution is 5.97. The molecule has 29 heavy (non-hydrogen) atoms. The number of amides is 3. The van der Waals surface area contributed by atoms with Crippen molar-refractivity contribution in [1.29, 1.82) is 0 Å². The van der Waals surface area contributed by atoms with E-state index in [2.05, 4.69) is 20.6 Å². The Labute approximate surface area is 168 Å². The summed E-state index contributed by atoms with van der Waals surface area (Å²) in [6.45, 7) is 0.925. The molecule has 146 valence electrons. The molecule has 1 atom stereocenters. The van der Waals surface area contributed by atoms with Gasteiger partial charge in [-0.05, 0) is 23.8 Å². The van der Waals surface area contributed by atoms with Gasteiger partial charge in [-0.15, -0.1) is 0 Å². The molecule has 7 heteroatoms. The SMILES string of the molecule is O=C(NCc1ccccn1)Nc1cc(N2C[C@@H](c3ccccc3)CC2=O)ccn1. The summed E-state index contributed by atoms with van der Waals surface area (Å²) in [7, 11) is 0. The minimum atomic E-state index is -0.379. The van der Waals surface area contributed by atoms with Crippen LogP contribution in [0.1, 0.15) is 23.6 Å². The van der Waals surface area contributed by atoms with Gasteiger partial charge in [0.1, 0.15) is 5.82 Å². The largest absolute Gasteiger partial charge is 0.332 e. The molecule has 3 heterocycles. The van der Waals surface area contributed by atoms with Gasteiger partial charge in [-0.3, -0.25) is 15.1 Å². The Morgan fingerprint density at radius 3 is 2.66 bits per heavy atom. The molecule has 1 aromatic carbocycles. The predicted molar refractivity (Wildman–Crippen MR) is 110 cm³/mol. The maximum absolute atomic E-state index is 12.6. The number of hydrogen-bond donors (Lipinski definition) is 2. The molecule has 0 unspecified atom stereocenters. The van der Waals surface area contributed by atoms with Crippen molar-refractivity contribution in [3.63, 3.8) is 0 Å². The summed E-state index contributed by atoms with van der Waals surface area (Å²) in [5.41, 5.74) is 2.65. The van der Waals surface area contributed by atoms with Crippen molar-refractivity contribution in [3.05, 3.63) is 84.3 Å². The van der Waals surface area contributed by atoms with Gasteiger partial charge in [0, 0.05) is 43.0 Å². The number of anilines is 2. The molecule has 0 radical (unpaired) electrons. The number of hydrogen-bond acceptors (Lipinski definition) is 4. The number of aromatic nitrogens is 2. The molecule has 7 nitrogen and oxygen atoms in total. The first-order valence-corrected chi connectivity index (χ1v) is 9.45. The second-order valence-corrected chi connectivity index (χ2v) is 6.84. The zero-order valence-electron chi connectivity index (χ0n) is 15.8. The fourth-order valence-electron chi connectivity index (χ4n) is 3.40. The lowest BCUT2D eigenvalue weighted by molar-refractivity contribution is -0.117. The summed E-state index contributed by atoms with van der Waals surface area (Å²) < 4.78 is 0. The van der Waals surface area contributed by atoms with E-state index in [1.54, 1.807) is 29.4 Å². The fraction of sp³-hybridized carbons (Fsp3) is 0.182. The molecule has 2 aromatic heterocycles. The average Bonchev–Trinajstić information content (AvgIpc) is 3.15. The topological polar surface area (TPSA) is 87.2 Å². The van der Waals surface area contributed by atoms with Crippen LogP contribution >= 0.6 is 0 Å². The van der Waals surface area contributed by atoms with Crippen LogP contribution in [0.15, 0.2) is 73.1 Å². The highest BCUT2D eigenvalue weighted by atomic mass is 16.2. The Morgan fingerprint density at radius 1 is 1.03 bits per heavy atom. The Bertz CT molecular complexity index is 994. The van der Waals surface area contributed by atoms with E-state index in [9.17, 15) is 9.59 Å². The Balaban J connectivity index is 1.39. The number of pyridine rings is 2. The van der Waals surface area contributed by atoms with Gasteiger partial charge in [0.25, 0.3) is 0 Å². The molecule has 0 bridgehead atoms. The van der Waals surface area contributed by atoms with E-state index >= 15 is 0 Å². The monoisotopic (exact) mass is 387 g/mol. The van der Waals surface area contributed by atoms with Gasteiger partial charge in [-0.2, -0.15) is 0 Å². The molecular weight excluding hydrogens is 366 g/mol. The fourth-order valence-corrected chi connectivity index (χ4v) is 3.40. The van der Waals surface area contributed by atoms with Crippen molar-refractivity contribution in [2.24, 2.45) is 0 Å². The summed E-state index contributed by atoms with van der Waals surface area (Å²) >= 11 is 0. The summed E-state index contributed by atoms with van der Waals surface area (Å²) in [6.07, 6.45) is 3.74. The molecule has 1 fully saturated rings. The van der Waals surface area contributed by atoms with Crippen molar-refractivity contribution in [3.8, 4) is 0 Å². The lowest BCUT2D eigenvalue weighted by atomic mass is 9.99. The maximum Gasteiger partial charge on any atom is 0.320 e. The zero-order chi connectivity index (χ0) is 20.1. The van der Waals surface area contributed by atoms with Gasteiger partial charge in [0.05, 0.1) is 12.2 Å². The van der Waals surface area contributed by atoms with E-state index < -0.39 is 0 Å². The van der Waals surface area contributed by atoms with Crippen LogP contribution < -0.4 is 15.5 Å². The molecule has 1 saturated heterocycles.